The summed E-state index contributed by atoms with van der Waals surface area (Å²) in [7, 11) is 1.70. The molecule has 1 aromatic carbocycles. The zero-order chi connectivity index (χ0) is 12.8. The molecule has 0 aliphatic rings. The van der Waals surface area contributed by atoms with Crippen molar-refractivity contribution in [1.29, 1.82) is 0 Å². The molecule has 1 aromatic rings. The lowest BCUT2D eigenvalue weighted by Crippen LogP contribution is -2.17. The summed E-state index contributed by atoms with van der Waals surface area (Å²) in [6, 6.07) is 7.29. The summed E-state index contributed by atoms with van der Waals surface area (Å²) in [4.78, 5) is 10.6. The molecule has 1 rings (SSSR count). The van der Waals surface area contributed by atoms with Crippen molar-refractivity contribution in [1.82, 2.24) is 0 Å². The smallest absolute Gasteiger partial charge is 0.351 e. The van der Waals surface area contributed by atoms with Crippen LogP contribution in [0.25, 0.3) is 0 Å². The lowest BCUT2D eigenvalue weighted by Gasteiger charge is -2.14. The second-order valence-electron chi connectivity index (χ2n) is 3.44. The van der Waals surface area contributed by atoms with Gasteiger partial charge in [0.05, 0.1) is 12.3 Å². The SMILES string of the molecule is CCOc1ccc(N(C)/N=C(\C)C(=O)O)cc1. The van der Waals surface area contributed by atoms with Gasteiger partial charge in [0.1, 0.15) is 11.5 Å². The van der Waals surface area contributed by atoms with E-state index in [1.807, 2.05) is 31.2 Å². The molecule has 5 heteroatoms. The lowest BCUT2D eigenvalue weighted by atomic mass is 10.3. The minimum Gasteiger partial charge on any atom is -0.494 e. The molecule has 5 nitrogen and oxygen atoms in total. The van der Waals surface area contributed by atoms with Crippen LogP contribution in [0, 0.1) is 0 Å². The standard InChI is InChI=1S/C12H16N2O3/c1-4-17-11-7-5-10(6-8-11)14(3)13-9(2)12(15)16/h5-8H,4H2,1-3H3,(H,15,16)/b13-9+. The van der Waals surface area contributed by atoms with Gasteiger partial charge in [0.15, 0.2) is 0 Å². The summed E-state index contributed by atoms with van der Waals surface area (Å²) in [5.74, 6) is -0.244. The zero-order valence-electron chi connectivity index (χ0n) is 10.2. The highest BCUT2D eigenvalue weighted by molar-refractivity contribution is 6.34. The Hall–Kier alpha value is -2.04. The molecule has 0 aliphatic heterocycles. The number of hydrogen-bond donors (Lipinski definition) is 1. The van der Waals surface area contributed by atoms with Crippen molar-refractivity contribution >= 4 is 17.4 Å². The summed E-state index contributed by atoms with van der Waals surface area (Å²) >= 11 is 0. The second-order valence-corrected chi connectivity index (χ2v) is 3.44. The van der Waals surface area contributed by atoms with E-state index in [1.165, 1.54) is 11.9 Å². The Kier molecular flexibility index (Phi) is 4.51. The molecule has 17 heavy (non-hydrogen) atoms. The lowest BCUT2D eigenvalue weighted by molar-refractivity contribution is -0.129. The molecule has 0 aliphatic carbocycles. The Balaban J connectivity index is 2.79. The largest absolute Gasteiger partial charge is 0.494 e. The van der Waals surface area contributed by atoms with Crippen molar-refractivity contribution in [2.45, 2.75) is 13.8 Å². The number of ether oxygens (including phenoxy) is 1. The number of carboxylic acids is 1. The van der Waals surface area contributed by atoms with Gasteiger partial charge in [0.25, 0.3) is 0 Å². The molecule has 0 radical (unpaired) electrons. The maximum atomic E-state index is 10.6. The van der Waals surface area contributed by atoms with Gasteiger partial charge in [0.2, 0.25) is 0 Å². The molecular weight excluding hydrogens is 220 g/mol. The number of carbonyl (C=O) groups is 1. The van der Waals surface area contributed by atoms with Crippen molar-refractivity contribution in [2.75, 3.05) is 18.7 Å². The first-order chi connectivity index (χ1) is 8.04. The van der Waals surface area contributed by atoms with Crippen LogP contribution in [-0.4, -0.2) is 30.4 Å². The minimum absolute atomic E-state index is 0.0429. The fourth-order valence-electron chi connectivity index (χ4n) is 1.25. The highest BCUT2D eigenvalue weighted by atomic mass is 16.5. The fourth-order valence-corrected chi connectivity index (χ4v) is 1.25. The number of rotatable bonds is 5. The Morgan fingerprint density at radius 3 is 2.47 bits per heavy atom. The van der Waals surface area contributed by atoms with Crippen molar-refractivity contribution in [2.24, 2.45) is 5.10 Å². The number of nitrogens with zero attached hydrogens (tertiary/aromatic N) is 2. The molecule has 0 saturated carbocycles. The zero-order valence-corrected chi connectivity index (χ0v) is 10.2. The fraction of sp³-hybridized carbons (Fsp3) is 0.333. The molecule has 0 amide bonds. The monoisotopic (exact) mass is 236 g/mol. The summed E-state index contributed by atoms with van der Waals surface area (Å²) in [5, 5.41) is 14.2. The van der Waals surface area contributed by atoms with E-state index in [0.29, 0.717) is 6.61 Å². The molecule has 1 N–H and O–H groups in total. The molecule has 0 fully saturated rings. The quantitative estimate of drug-likeness (QED) is 0.627. The molecule has 0 heterocycles. The van der Waals surface area contributed by atoms with E-state index < -0.39 is 5.97 Å². The van der Waals surface area contributed by atoms with Gasteiger partial charge in [-0.1, -0.05) is 0 Å². The van der Waals surface area contributed by atoms with E-state index in [2.05, 4.69) is 5.10 Å². The number of aliphatic carboxylic acids is 1. The third-order valence-corrected chi connectivity index (χ3v) is 2.13. The Bertz CT molecular complexity index is 412. The van der Waals surface area contributed by atoms with Crippen LogP contribution in [0.4, 0.5) is 5.69 Å². The van der Waals surface area contributed by atoms with Crippen molar-refractivity contribution in [3.05, 3.63) is 24.3 Å². The van der Waals surface area contributed by atoms with Gasteiger partial charge >= 0.3 is 5.97 Å². The predicted octanol–water partition coefficient (Wildman–Crippen LogP) is 1.98. The van der Waals surface area contributed by atoms with E-state index in [1.54, 1.807) is 7.05 Å². The first-order valence-electron chi connectivity index (χ1n) is 5.29. The van der Waals surface area contributed by atoms with Crippen LogP contribution in [0.1, 0.15) is 13.8 Å². The van der Waals surface area contributed by atoms with Crippen LogP contribution in [0.5, 0.6) is 5.75 Å². The molecule has 0 bridgehead atoms. The summed E-state index contributed by atoms with van der Waals surface area (Å²) in [6.45, 7) is 3.99. The van der Waals surface area contributed by atoms with Crippen molar-refractivity contribution in [3.8, 4) is 5.75 Å². The maximum absolute atomic E-state index is 10.6. The van der Waals surface area contributed by atoms with Crippen LogP contribution in [0.2, 0.25) is 0 Å². The van der Waals surface area contributed by atoms with Crippen LogP contribution in [0.3, 0.4) is 0 Å². The van der Waals surface area contributed by atoms with E-state index in [-0.39, 0.29) is 5.71 Å². The molecule has 0 unspecified atom stereocenters. The normalized spacial score (nSPS) is 11.1. The summed E-state index contributed by atoms with van der Waals surface area (Å²) in [6.07, 6.45) is 0. The molecule has 92 valence electrons. The molecule has 0 saturated heterocycles. The Labute approximate surface area is 100 Å². The van der Waals surface area contributed by atoms with Gasteiger partial charge in [-0.05, 0) is 38.1 Å². The average molecular weight is 236 g/mol. The molecule has 0 aromatic heterocycles. The van der Waals surface area contributed by atoms with Gasteiger partial charge in [-0.2, -0.15) is 5.10 Å². The first-order valence-corrected chi connectivity index (χ1v) is 5.29. The van der Waals surface area contributed by atoms with E-state index in [4.69, 9.17) is 9.84 Å². The third-order valence-electron chi connectivity index (χ3n) is 2.13. The number of hydrazone groups is 1. The predicted molar refractivity (Wildman–Crippen MR) is 66.8 cm³/mol. The van der Waals surface area contributed by atoms with Gasteiger partial charge in [-0.3, -0.25) is 5.01 Å². The molecule has 0 spiro atoms. The van der Waals surface area contributed by atoms with Crippen LogP contribution in [0.15, 0.2) is 29.4 Å². The maximum Gasteiger partial charge on any atom is 0.351 e. The third kappa shape index (κ3) is 3.79. The minimum atomic E-state index is -1.03. The van der Waals surface area contributed by atoms with Crippen LogP contribution < -0.4 is 9.75 Å². The van der Waals surface area contributed by atoms with Crippen molar-refractivity contribution < 1.29 is 14.6 Å². The Morgan fingerprint density at radius 1 is 1.41 bits per heavy atom. The van der Waals surface area contributed by atoms with Gasteiger partial charge in [0, 0.05) is 7.05 Å². The topological polar surface area (TPSA) is 62.1 Å². The second kappa shape index (κ2) is 5.89. The number of benzene rings is 1. The summed E-state index contributed by atoms with van der Waals surface area (Å²) in [5.41, 5.74) is 0.843. The first kappa shape index (κ1) is 13.0. The summed E-state index contributed by atoms with van der Waals surface area (Å²) < 4.78 is 5.31. The average Bonchev–Trinajstić information content (AvgIpc) is 2.30. The van der Waals surface area contributed by atoms with Gasteiger partial charge < -0.3 is 9.84 Å². The van der Waals surface area contributed by atoms with Crippen molar-refractivity contribution in [3.63, 3.8) is 0 Å². The highest BCUT2D eigenvalue weighted by Gasteiger charge is 2.05. The molecule has 0 atom stereocenters. The number of anilines is 1. The van der Waals surface area contributed by atoms with E-state index >= 15 is 0 Å². The van der Waals surface area contributed by atoms with E-state index in [9.17, 15) is 4.79 Å². The molecular formula is C12H16N2O3. The van der Waals surface area contributed by atoms with Gasteiger partial charge in [-0.15, -0.1) is 0 Å². The Morgan fingerprint density at radius 2 is 2.00 bits per heavy atom. The number of hydrogen-bond acceptors (Lipinski definition) is 4. The van der Waals surface area contributed by atoms with Crippen LogP contribution in [-0.2, 0) is 4.79 Å². The van der Waals surface area contributed by atoms with E-state index in [0.717, 1.165) is 11.4 Å². The number of carboxylic acid groups (broad SMARTS) is 1. The van der Waals surface area contributed by atoms with Crippen LogP contribution >= 0.6 is 0 Å². The van der Waals surface area contributed by atoms with Gasteiger partial charge in [-0.25, -0.2) is 4.79 Å². The highest BCUT2D eigenvalue weighted by Crippen LogP contribution is 2.18.